The molecule has 0 bridgehead atoms. The lowest BCUT2D eigenvalue weighted by Crippen LogP contribution is -2.43. The van der Waals surface area contributed by atoms with E-state index in [4.69, 9.17) is 9.47 Å². The highest BCUT2D eigenvalue weighted by Gasteiger charge is 2.20. The first-order valence-corrected chi connectivity index (χ1v) is 8.97. The topological polar surface area (TPSA) is 50.8 Å². The second-order valence-corrected chi connectivity index (χ2v) is 6.58. The first-order chi connectivity index (χ1) is 12.7. The van der Waals surface area contributed by atoms with Crippen molar-refractivity contribution in [2.45, 2.75) is 13.0 Å². The molecule has 1 atom stereocenters. The number of aryl methyl sites for hydroxylation is 1. The van der Waals surface area contributed by atoms with Gasteiger partial charge in [0.25, 0.3) is 5.91 Å². The molecule has 1 fully saturated rings. The fourth-order valence-corrected chi connectivity index (χ4v) is 3.06. The van der Waals surface area contributed by atoms with E-state index in [1.807, 2.05) is 0 Å². The van der Waals surface area contributed by atoms with Gasteiger partial charge in [-0.1, -0.05) is 29.8 Å². The number of nitrogens with zero attached hydrogens (tertiary/aromatic N) is 1. The molecule has 2 aromatic carbocycles. The van der Waals surface area contributed by atoms with Crippen LogP contribution in [0.1, 0.15) is 27.5 Å². The molecule has 1 aliphatic heterocycles. The van der Waals surface area contributed by atoms with Gasteiger partial charge in [-0.25, -0.2) is 0 Å². The highest BCUT2D eigenvalue weighted by Crippen LogP contribution is 2.18. The van der Waals surface area contributed by atoms with Gasteiger partial charge in [0.2, 0.25) is 0 Å². The maximum Gasteiger partial charge on any atom is 0.251 e. The number of carbonyl (C=O) groups is 1. The van der Waals surface area contributed by atoms with Crippen molar-refractivity contribution in [1.82, 2.24) is 10.2 Å². The number of morpholine rings is 1. The van der Waals surface area contributed by atoms with E-state index < -0.39 is 0 Å². The number of hydrogen-bond acceptors (Lipinski definition) is 4. The first kappa shape index (κ1) is 18.4. The molecule has 138 valence electrons. The van der Waals surface area contributed by atoms with Crippen molar-refractivity contribution in [3.05, 3.63) is 65.2 Å². The second kappa shape index (κ2) is 8.83. The zero-order valence-electron chi connectivity index (χ0n) is 15.4. The molecule has 1 heterocycles. The van der Waals surface area contributed by atoms with Crippen LogP contribution in [0.2, 0.25) is 0 Å². The molecule has 0 unspecified atom stereocenters. The van der Waals surface area contributed by atoms with Crippen LogP contribution in [-0.4, -0.2) is 50.8 Å². The lowest BCUT2D eigenvalue weighted by atomic mass is 10.0. The van der Waals surface area contributed by atoms with E-state index in [0.29, 0.717) is 5.56 Å². The molecule has 26 heavy (non-hydrogen) atoms. The molecule has 0 radical (unpaired) electrons. The summed E-state index contributed by atoms with van der Waals surface area (Å²) in [5.41, 5.74) is 2.95. The van der Waals surface area contributed by atoms with Crippen molar-refractivity contribution < 1.29 is 14.3 Å². The number of benzene rings is 2. The highest BCUT2D eigenvalue weighted by atomic mass is 16.5. The molecule has 1 aliphatic rings. The van der Waals surface area contributed by atoms with Gasteiger partial charge in [-0.15, -0.1) is 0 Å². The van der Waals surface area contributed by atoms with Gasteiger partial charge in [0.05, 0.1) is 26.4 Å². The molecule has 3 rings (SSSR count). The molecule has 1 N–H and O–H groups in total. The summed E-state index contributed by atoms with van der Waals surface area (Å²) in [4.78, 5) is 15.1. The summed E-state index contributed by atoms with van der Waals surface area (Å²) >= 11 is 0. The van der Waals surface area contributed by atoms with Crippen LogP contribution in [0.15, 0.2) is 48.5 Å². The summed E-state index contributed by atoms with van der Waals surface area (Å²) in [6, 6.07) is 15.5. The minimum absolute atomic E-state index is 0.0664. The number of ether oxygens (including phenoxy) is 2. The predicted octanol–water partition coefficient (Wildman–Crippen LogP) is 2.81. The van der Waals surface area contributed by atoms with Gasteiger partial charge in [-0.3, -0.25) is 9.69 Å². The number of hydrogen-bond donors (Lipinski definition) is 1. The Morgan fingerprint density at radius 2 is 1.77 bits per heavy atom. The summed E-state index contributed by atoms with van der Waals surface area (Å²) in [6.07, 6.45) is 0. The fourth-order valence-electron chi connectivity index (χ4n) is 3.06. The van der Waals surface area contributed by atoms with E-state index in [0.717, 1.165) is 44.2 Å². The first-order valence-electron chi connectivity index (χ1n) is 8.97. The molecule has 2 aromatic rings. The van der Waals surface area contributed by atoms with E-state index in [9.17, 15) is 4.79 Å². The molecule has 0 saturated carbocycles. The Balaban J connectivity index is 1.74. The molecule has 5 heteroatoms. The number of nitrogens with one attached hydrogen (secondary N) is 1. The molecular weight excluding hydrogens is 328 g/mol. The third-order valence-corrected chi connectivity index (χ3v) is 4.68. The molecule has 0 aliphatic carbocycles. The van der Waals surface area contributed by atoms with Crippen LogP contribution >= 0.6 is 0 Å². The summed E-state index contributed by atoms with van der Waals surface area (Å²) in [5.74, 6) is 0.663. The van der Waals surface area contributed by atoms with Gasteiger partial charge in [-0.05, 0) is 36.8 Å². The summed E-state index contributed by atoms with van der Waals surface area (Å²) in [5, 5.41) is 3.19. The molecule has 1 amide bonds. The number of rotatable bonds is 6. The maximum absolute atomic E-state index is 12.7. The van der Waals surface area contributed by atoms with Crippen LogP contribution in [0.3, 0.4) is 0 Å². The van der Waals surface area contributed by atoms with Gasteiger partial charge >= 0.3 is 0 Å². The average Bonchev–Trinajstić information content (AvgIpc) is 2.69. The van der Waals surface area contributed by atoms with Crippen LogP contribution in [-0.2, 0) is 4.74 Å². The van der Waals surface area contributed by atoms with Crippen molar-refractivity contribution in [3.8, 4) is 5.75 Å². The molecule has 5 nitrogen and oxygen atoms in total. The largest absolute Gasteiger partial charge is 0.497 e. The molecule has 0 spiro atoms. The van der Waals surface area contributed by atoms with E-state index in [2.05, 4.69) is 41.4 Å². The third-order valence-electron chi connectivity index (χ3n) is 4.68. The normalized spacial score (nSPS) is 16.1. The zero-order chi connectivity index (χ0) is 18.4. The lowest BCUT2D eigenvalue weighted by Gasteiger charge is -2.31. The van der Waals surface area contributed by atoms with Crippen molar-refractivity contribution in [2.75, 3.05) is 40.0 Å². The van der Waals surface area contributed by atoms with E-state index in [1.54, 1.807) is 31.4 Å². The second-order valence-electron chi connectivity index (χ2n) is 6.58. The van der Waals surface area contributed by atoms with E-state index >= 15 is 0 Å². The Morgan fingerprint density at radius 3 is 2.38 bits per heavy atom. The van der Waals surface area contributed by atoms with Crippen molar-refractivity contribution in [1.29, 1.82) is 0 Å². The molecule has 0 aromatic heterocycles. The summed E-state index contributed by atoms with van der Waals surface area (Å²) in [6.45, 7) is 6.10. The average molecular weight is 354 g/mol. The third kappa shape index (κ3) is 4.84. The Bertz CT molecular complexity index is 707. The van der Waals surface area contributed by atoms with Crippen molar-refractivity contribution in [2.24, 2.45) is 0 Å². The summed E-state index contributed by atoms with van der Waals surface area (Å²) < 4.78 is 10.6. The van der Waals surface area contributed by atoms with Gasteiger partial charge in [-0.2, -0.15) is 0 Å². The Kier molecular flexibility index (Phi) is 6.26. The van der Waals surface area contributed by atoms with Gasteiger partial charge in [0.15, 0.2) is 0 Å². The summed E-state index contributed by atoms with van der Waals surface area (Å²) in [7, 11) is 1.62. The standard InChI is InChI=1S/C21H26N2O3/c1-16-3-5-17(6-4-16)20(15-23-11-13-26-14-12-23)22-21(24)18-7-9-19(25-2)10-8-18/h3-10,20H,11-15H2,1-2H3,(H,22,24)/t20-/m0/s1. The van der Waals surface area contributed by atoms with E-state index in [-0.39, 0.29) is 11.9 Å². The number of amides is 1. The molecular formula is C21H26N2O3. The SMILES string of the molecule is COc1ccc(C(=O)N[C@@H](CN2CCOCC2)c2ccc(C)cc2)cc1. The van der Waals surface area contributed by atoms with Crippen LogP contribution < -0.4 is 10.1 Å². The van der Waals surface area contributed by atoms with Gasteiger partial charge in [0.1, 0.15) is 5.75 Å². The Labute approximate surface area is 154 Å². The van der Waals surface area contributed by atoms with E-state index in [1.165, 1.54) is 5.56 Å². The Morgan fingerprint density at radius 1 is 1.12 bits per heavy atom. The van der Waals surface area contributed by atoms with Crippen LogP contribution in [0.4, 0.5) is 0 Å². The van der Waals surface area contributed by atoms with Gasteiger partial charge in [0, 0.05) is 25.2 Å². The molecule has 1 saturated heterocycles. The fraction of sp³-hybridized carbons (Fsp3) is 0.381. The number of carbonyl (C=O) groups excluding carboxylic acids is 1. The van der Waals surface area contributed by atoms with Crippen molar-refractivity contribution in [3.63, 3.8) is 0 Å². The zero-order valence-corrected chi connectivity index (χ0v) is 15.4. The monoisotopic (exact) mass is 354 g/mol. The van der Waals surface area contributed by atoms with Crippen LogP contribution in [0.5, 0.6) is 5.75 Å². The van der Waals surface area contributed by atoms with Crippen LogP contribution in [0, 0.1) is 6.92 Å². The van der Waals surface area contributed by atoms with Gasteiger partial charge < -0.3 is 14.8 Å². The minimum atomic E-state index is -0.0773. The highest BCUT2D eigenvalue weighted by molar-refractivity contribution is 5.94. The minimum Gasteiger partial charge on any atom is -0.497 e. The Hall–Kier alpha value is -2.37. The predicted molar refractivity (Wildman–Crippen MR) is 102 cm³/mol. The van der Waals surface area contributed by atoms with Crippen molar-refractivity contribution >= 4 is 5.91 Å². The smallest absolute Gasteiger partial charge is 0.251 e. The van der Waals surface area contributed by atoms with Crippen LogP contribution in [0.25, 0.3) is 0 Å². The number of methoxy groups -OCH3 is 1. The quantitative estimate of drug-likeness (QED) is 0.867. The lowest BCUT2D eigenvalue weighted by molar-refractivity contribution is 0.0332. The maximum atomic E-state index is 12.7.